The molecular weight excluding hydrogens is 240 g/mol. The third-order valence-corrected chi connectivity index (χ3v) is 3.78. The number of rotatable bonds is 4. The lowest BCUT2D eigenvalue weighted by atomic mass is 9.98. The first-order valence-electron chi connectivity index (χ1n) is 6.81. The maximum absolute atomic E-state index is 12.1. The molecule has 0 aliphatic carbocycles. The molecular formula is C15H22N2O2. The van der Waals surface area contributed by atoms with E-state index >= 15 is 0 Å². The van der Waals surface area contributed by atoms with Gasteiger partial charge in [-0.3, -0.25) is 4.79 Å². The maximum atomic E-state index is 12.1. The van der Waals surface area contributed by atoms with Crippen LogP contribution in [0.15, 0.2) is 24.3 Å². The molecule has 2 rings (SSSR count). The Morgan fingerprint density at radius 1 is 1.53 bits per heavy atom. The fourth-order valence-corrected chi connectivity index (χ4v) is 2.40. The van der Waals surface area contributed by atoms with Gasteiger partial charge in [-0.15, -0.1) is 0 Å². The summed E-state index contributed by atoms with van der Waals surface area (Å²) in [5.74, 6) is -0.0234. The van der Waals surface area contributed by atoms with Gasteiger partial charge in [0, 0.05) is 25.6 Å². The molecule has 0 saturated carbocycles. The predicted molar refractivity (Wildman–Crippen MR) is 75.0 cm³/mol. The van der Waals surface area contributed by atoms with Gasteiger partial charge < -0.3 is 15.7 Å². The minimum Gasteiger partial charge on any atom is -0.391 e. The summed E-state index contributed by atoms with van der Waals surface area (Å²) in [5, 5.41) is 15.7. The number of aliphatic hydroxyl groups excluding tert-OH is 1. The normalized spacial score (nSPS) is 24.2. The van der Waals surface area contributed by atoms with Crippen molar-refractivity contribution < 1.29 is 9.90 Å². The van der Waals surface area contributed by atoms with Crippen molar-refractivity contribution in [3.63, 3.8) is 0 Å². The first-order valence-corrected chi connectivity index (χ1v) is 6.81. The molecule has 1 aromatic carbocycles. The second kappa shape index (κ2) is 6.17. The Labute approximate surface area is 114 Å². The third-order valence-electron chi connectivity index (χ3n) is 3.78. The molecule has 104 valence electrons. The molecule has 1 aliphatic heterocycles. The van der Waals surface area contributed by atoms with Crippen LogP contribution in [0.1, 0.15) is 24.0 Å². The second-order valence-electron chi connectivity index (χ2n) is 5.37. The molecule has 1 fully saturated rings. The molecule has 0 aromatic heterocycles. The van der Waals surface area contributed by atoms with Crippen LogP contribution in [0.5, 0.6) is 0 Å². The van der Waals surface area contributed by atoms with Gasteiger partial charge in [0.1, 0.15) is 0 Å². The van der Waals surface area contributed by atoms with Crippen molar-refractivity contribution in [2.24, 2.45) is 5.92 Å². The summed E-state index contributed by atoms with van der Waals surface area (Å²) in [6.07, 6.45) is -0.352. The van der Waals surface area contributed by atoms with Gasteiger partial charge in [-0.05, 0) is 19.4 Å². The fourth-order valence-electron chi connectivity index (χ4n) is 2.40. The standard InChI is InChI=1S/C15H22N2O2/c1-10-4-3-5-12(6-10)11(2)15(19)17-8-13-7-16-9-14(13)18/h3-6,11,13-14,16,18H,7-9H2,1-2H3,(H,17,19). The van der Waals surface area contributed by atoms with Gasteiger partial charge in [0.15, 0.2) is 0 Å². The summed E-state index contributed by atoms with van der Waals surface area (Å²) < 4.78 is 0. The molecule has 3 N–H and O–H groups in total. The monoisotopic (exact) mass is 262 g/mol. The van der Waals surface area contributed by atoms with Gasteiger partial charge in [-0.2, -0.15) is 0 Å². The van der Waals surface area contributed by atoms with Crippen LogP contribution < -0.4 is 10.6 Å². The van der Waals surface area contributed by atoms with Crippen LogP contribution in [0.2, 0.25) is 0 Å². The van der Waals surface area contributed by atoms with Gasteiger partial charge >= 0.3 is 0 Å². The van der Waals surface area contributed by atoms with Crippen molar-refractivity contribution in [3.05, 3.63) is 35.4 Å². The number of hydrogen-bond acceptors (Lipinski definition) is 3. The number of amides is 1. The van der Waals surface area contributed by atoms with Crippen molar-refractivity contribution >= 4 is 5.91 Å². The molecule has 0 spiro atoms. The lowest BCUT2D eigenvalue weighted by Gasteiger charge is -2.17. The molecule has 3 unspecified atom stereocenters. The molecule has 1 amide bonds. The van der Waals surface area contributed by atoms with Crippen LogP contribution in [-0.2, 0) is 4.79 Å². The van der Waals surface area contributed by atoms with E-state index in [2.05, 4.69) is 10.6 Å². The van der Waals surface area contributed by atoms with E-state index in [9.17, 15) is 9.90 Å². The zero-order valence-electron chi connectivity index (χ0n) is 11.5. The average Bonchev–Trinajstić information content (AvgIpc) is 2.80. The Kier molecular flexibility index (Phi) is 4.56. The number of aryl methyl sites for hydroxylation is 1. The Morgan fingerprint density at radius 2 is 2.32 bits per heavy atom. The van der Waals surface area contributed by atoms with Crippen LogP contribution in [0, 0.1) is 12.8 Å². The lowest BCUT2D eigenvalue weighted by molar-refractivity contribution is -0.122. The number of nitrogens with one attached hydrogen (secondary N) is 2. The molecule has 19 heavy (non-hydrogen) atoms. The number of benzene rings is 1. The minimum atomic E-state index is -0.352. The van der Waals surface area contributed by atoms with Crippen molar-refractivity contribution in [2.75, 3.05) is 19.6 Å². The Hall–Kier alpha value is -1.39. The van der Waals surface area contributed by atoms with Crippen LogP contribution in [0.3, 0.4) is 0 Å². The van der Waals surface area contributed by atoms with Crippen LogP contribution in [-0.4, -0.2) is 36.8 Å². The first kappa shape index (κ1) is 14.0. The zero-order valence-corrected chi connectivity index (χ0v) is 11.5. The van der Waals surface area contributed by atoms with Gasteiger partial charge in [-0.25, -0.2) is 0 Å². The number of carbonyl (C=O) groups excluding carboxylic acids is 1. The molecule has 4 nitrogen and oxygen atoms in total. The summed E-state index contributed by atoms with van der Waals surface area (Å²) in [6, 6.07) is 8.01. The van der Waals surface area contributed by atoms with Crippen molar-refractivity contribution in [1.82, 2.24) is 10.6 Å². The van der Waals surface area contributed by atoms with Crippen molar-refractivity contribution in [3.8, 4) is 0 Å². The zero-order chi connectivity index (χ0) is 13.8. The van der Waals surface area contributed by atoms with E-state index in [-0.39, 0.29) is 23.8 Å². The number of β-amino-alcohol motifs (C(OH)–C–C–N with tert-alkyl or cyclic N) is 1. The van der Waals surface area contributed by atoms with E-state index in [1.807, 2.05) is 38.1 Å². The number of hydrogen-bond donors (Lipinski definition) is 3. The van der Waals surface area contributed by atoms with Crippen LogP contribution in [0.25, 0.3) is 0 Å². The summed E-state index contributed by atoms with van der Waals surface area (Å²) in [5.41, 5.74) is 2.19. The highest BCUT2D eigenvalue weighted by Crippen LogP contribution is 2.17. The molecule has 0 radical (unpaired) electrons. The number of aliphatic hydroxyl groups is 1. The topological polar surface area (TPSA) is 61.4 Å². The third kappa shape index (κ3) is 3.55. The smallest absolute Gasteiger partial charge is 0.227 e. The van der Waals surface area contributed by atoms with E-state index < -0.39 is 0 Å². The molecule has 1 saturated heterocycles. The number of carbonyl (C=O) groups is 1. The Morgan fingerprint density at radius 3 is 2.95 bits per heavy atom. The first-order chi connectivity index (χ1) is 9.08. The average molecular weight is 262 g/mol. The maximum Gasteiger partial charge on any atom is 0.227 e. The summed E-state index contributed by atoms with van der Waals surface area (Å²) in [4.78, 5) is 12.1. The molecule has 0 bridgehead atoms. The Bertz CT molecular complexity index is 448. The van der Waals surface area contributed by atoms with Crippen molar-refractivity contribution in [1.29, 1.82) is 0 Å². The highest BCUT2D eigenvalue weighted by atomic mass is 16.3. The lowest BCUT2D eigenvalue weighted by Crippen LogP contribution is -2.36. The summed E-state index contributed by atoms with van der Waals surface area (Å²) in [7, 11) is 0. The van der Waals surface area contributed by atoms with E-state index in [1.54, 1.807) is 0 Å². The van der Waals surface area contributed by atoms with E-state index in [0.29, 0.717) is 13.1 Å². The van der Waals surface area contributed by atoms with E-state index in [0.717, 1.165) is 17.7 Å². The van der Waals surface area contributed by atoms with Gasteiger partial charge in [-0.1, -0.05) is 29.8 Å². The Balaban J connectivity index is 1.89. The summed E-state index contributed by atoms with van der Waals surface area (Å²) in [6.45, 7) is 5.85. The fraction of sp³-hybridized carbons (Fsp3) is 0.533. The molecule has 1 aromatic rings. The van der Waals surface area contributed by atoms with E-state index in [4.69, 9.17) is 0 Å². The van der Waals surface area contributed by atoms with Gasteiger partial charge in [0.05, 0.1) is 12.0 Å². The van der Waals surface area contributed by atoms with E-state index in [1.165, 1.54) is 0 Å². The summed E-state index contributed by atoms with van der Waals surface area (Å²) >= 11 is 0. The predicted octanol–water partition coefficient (Wildman–Crippen LogP) is 0.795. The van der Waals surface area contributed by atoms with Gasteiger partial charge in [0.2, 0.25) is 5.91 Å². The second-order valence-corrected chi connectivity index (χ2v) is 5.37. The molecule has 4 heteroatoms. The molecule has 1 aliphatic rings. The molecule has 1 heterocycles. The molecule has 3 atom stereocenters. The van der Waals surface area contributed by atoms with Crippen molar-refractivity contribution in [2.45, 2.75) is 25.9 Å². The van der Waals surface area contributed by atoms with Crippen LogP contribution >= 0.6 is 0 Å². The largest absolute Gasteiger partial charge is 0.391 e. The quantitative estimate of drug-likeness (QED) is 0.752. The highest BCUT2D eigenvalue weighted by Gasteiger charge is 2.26. The SMILES string of the molecule is Cc1cccc(C(C)C(=O)NCC2CNCC2O)c1. The highest BCUT2D eigenvalue weighted by molar-refractivity contribution is 5.83. The minimum absolute atomic E-state index is 0.0182. The van der Waals surface area contributed by atoms with Gasteiger partial charge in [0.25, 0.3) is 0 Å². The van der Waals surface area contributed by atoms with Crippen LogP contribution in [0.4, 0.5) is 0 Å².